The number of nitrogens with two attached hydrogens (primary N) is 2. The van der Waals surface area contributed by atoms with Crippen LogP contribution in [0, 0.1) is 5.92 Å². The molecule has 0 saturated heterocycles. The monoisotopic (exact) mass is 176 g/mol. The van der Waals surface area contributed by atoms with Crippen LogP contribution in [0.3, 0.4) is 0 Å². The van der Waals surface area contributed by atoms with Crippen LogP contribution in [-0.4, -0.2) is 5.91 Å². The maximum Gasteiger partial charge on any atom is 0.221 e. The first kappa shape index (κ1) is 8.10. The Balaban J connectivity index is 2.30. The number of fused-ring (bicyclic) bond motifs is 1. The minimum atomic E-state index is -0.213. The lowest BCUT2D eigenvalue weighted by molar-refractivity contribution is -0.121. The van der Waals surface area contributed by atoms with Gasteiger partial charge in [-0.05, 0) is 36.1 Å². The Bertz CT molecular complexity index is 360. The molecule has 1 aromatic rings. The van der Waals surface area contributed by atoms with E-state index in [1.54, 1.807) is 0 Å². The van der Waals surface area contributed by atoms with Gasteiger partial charge in [0.1, 0.15) is 0 Å². The fourth-order valence-corrected chi connectivity index (χ4v) is 1.84. The number of benzene rings is 1. The normalized spacial score (nSPS) is 19.8. The largest absolute Gasteiger partial charge is 0.399 e. The maximum absolute atomic E-state index is 10.9. The van der Waals surface area contributed by atoms with Crippen LogP contribution in [0.5, 0.6) is 0 Å². The Morgan fingerprint density at radius 2 is 2.00 bits per heavy atom. The first-order valence-corrected chi connectivity index (χ1v) is 4.33. The Labute approximate surface area is 76.7 Å². The Kier molecular flexibility index (Phi) is 1.72. The van der Waals surface area contributed by atoms with E-state index >= 15 is 0 Å². The summed E-state index contributed by atoms with van der Waals surface area (Å²) in [5.41, 5.74) is 14.0. The van der Waals surface area contributed by atoms with E-state index in [4.69, 9.17) is 11.5 Å². The number of primary amides is 1. The highest BCUT2D eigenvalue weighted by Crippen LogP contribution is 2.27. The van der Waals surface area contributed by atoms with Crippen molar-refractivity contribution in [2.24, 2.45) is 11.7 Å². The topological polar surface area (TPSA) is 69.1 Å². The molecule has 1 aromatic carbocycles. The minimum absolute atomic E-state index is 0.0307. The second-order valence-electron chi connectivity index (χ2n) is 3.54. The molecule has 4 N–H and O–H groups in total. The van der Waals surface area contributed by atoms with Crippen molar-refractivity contribution in [2.45, 2.75) is 12.8 Å². The van der Waals surface area contributed by atoms with Gasteiger partial charge in [0.15, 0.2) is 0 Å². The summed E-state index contributed by atoms with van der Waals surface area (Å²) in [6, 6.07) is 5.77. The number of amides is 1. The molecule has 13 heavy (non-hydrogen) atoms. The Hall–Kier alpha value is -1.51. The molecule has 0 radical (unpaired) electrons. The predicted molar refractivity (Wildman–Crippen MR) is 50.9 cm³/mol. The van der Waals surface area contributed by atoms with E-state index in [-0.39, 0.29) is 11.8 Å². The van der Waals surface area contributed by atoms with Crippen molar-refractivity contribution in [1.82, 2.24) is 0 Å². The predicted octanol–water partition coefficient (Wildman–Crippen LogP) is 0.469. The molecule has 0 spiro atoms. The van der Waals surface area contributed by atoms with Crippen LogP contribution in [0.15, 0.2) is 18.2 Å². The molecule has 0 saturated carbocycles. The standard InChI is InChI=1S/C10H12N2O/c11-9-2-1-6-3-8(10(12)13)4-7(6)5-9/h1-2,5,8H,3-4,11H2,(H2,12,13). The van der Waals surface area contributed by atoms with Crippen molar-refractivity contribution >= 4 is 11.6 Å². The first-order chi connectivity index (χ1) is 6.16. The molecule has 1 aliphatic carbocycles. The van der Waals surface area contributed by atoms with E-state index < -0.39 is 0 Å². The molecule has 0 fully saturated rings. The highest BCUT2D eigenvalue weighted by atomic mass is 16.1. The summed E-state index contributed by atoms with van der Waals surface area (Å²) in [4.78, 5) is 10.9. The quantitative estimate of drug-likeness (QED) is 0.611. The SMILES string of the molecule is NC(=O)C1Cc2ccc(N)cc2C1. The summed E-state index contributed by atoms with van der Waals surface area (Å²) >= 11 is 0. The van der Waals surface area contributed by atoms with Crippen molar-refractivity contribution in [1.29, 1.82) is 0 Å². The Morgan fingerprint density at radius 3 is 2.69 bits per heavy atom. The van der Waals surface area contributed by atoms with E-state index in [1.807, 2.05) is 18.2 Å². The summed E-state index contributed by atoms with van der Waals surface area (Å²) in [6.07, 6.45) is 1.51. The fraction of sp³-hybridized carbons (Fsp3) is 0.300. The van der Waals surface area contributed by atoms with Gasteiger partial charge in [-0.15, -0.1) is 0 Å². The summed E-state index contributed by atoms with van der Waals surface area (Å²) < 4.78 is 0. The molecule has 0 aromatic heterocycles. The zero-order valence-electron chi connectivity index (χ0n) is 7.29. The number of nitrogen functional groups attached to an aromatic ring is 1. The minimum Gasteiger partial charge on any atom is -0.399 e. The van der Waals surface area contributed by atoms with Crippen LogP contribution >= 0.6 is 0 Å². The van der Waals surface area contributed by atoms with E-state index in [2.05, 4.69) is 0 Å². The van der Waals surface area contributed by atoms with Gasteiger partial charge in [0.25, 0.3) is 0 Å². The summed E-state index contributed by atoms with van der Waals surface area (Å²) in [6.45, 7) is 0. The van der Waals surface area contributed by atoms with E-state index in [9.17, 15) is 4.79 Å². The smallest absolute Gasteiger partial charge is 0.221 e. The van der Waals surface area contributed by atoms with Gasteiger partial charge < -0.3 is 11.5 Å². The molecular formula is C10H12N2O. The molecule has 1 atom stereocenters. The Morgan fingerprint density at radius 1 is 1.31 bits per heavy atom. The highest BCUT2D eigenvalue weighted by Gasteiger charge is 2.25. The molecule has 0 bridgehead atoms. The van der Waals surface area contributed by atoms with Crippen LogP contribution in [0.2, 0.25) is 0 Å². The fourth-order valence-electron chi connectivity index (χ4n) is 1.84. The van der Waals surface area contributed by atoms with Gasteiger partial charge in [0, 0.05) is 11.6 Å². The summed E-state index contributed by atoms with van der Waals surface area (Å²) in [5.74, 6) is -0.244. The van der Waals surface area contributed by atoms with E-state index in [0.717, 1.165) is 18.5 Å². The van der Waals surface area contributed by atoms with Gasteiger partial charge in [-0.25, -0.2) is 0 Å². The summed E-state index contributed by atoms with van der Waals surface area (Å²) in [5, 5.41) is 0. The van der Waals surface area contributed by atoms with Gasteiger partial charge in [-0.3, -0.25) is 4.79 Å². The molecule has 1 amide bonds. The number of anilines is 1. The van der Waals surface area contributed by atoms with Crippen molar-refractivity contribution < 1.29 is 4.79 Å². The highest BCUT2D eigenvalue weighted by molar-refractivity contribution is 5.78. The lowest BCUT2D eigenvalue weighted by atomic mass is 10.1. The molecule has 68 valence electrons. The third-order valence-electron chi connectivity index (χ3n) is 2.57. The van der Waals surface area contributed by atoms with E-state index in [0.29, 0.717) is 0 Å². The molecule has 1 aliphatic rings. The lowest BCUT2D eigenvalue weighted by Crippen LogP contribution is -2.23. The third-order valence-corrected chi connectivity index (χ3v) is 2.57. The van der Waals surface area contributed by atoms with Crippen molar-refractivity contribution in [3.05, 3.63) is 29.3 Å². The van der Waals surface area contributed by atoms with Crippen LogP contribution in [0.4, 0.5) is 5.69 Å². The second kappa shape index (κ2) is 2.76. The molecule has 2 rings (SSSR count). The van der Waals surface area contributed by atoms with Gasteiger partial charge >= 0.3 is 0 Å². The molecule has 1 unspecified atom stereocenters. The number of carbonyl (C=O) groups excluding carboxylic acids is 1. The molecule has 3 nitrogen and oxygen atoms in total. The second-order valence-corrected chi connectivity index (χ2v) is 3.54. The van der Waals surface area contributed by atoms with Crippen molar-refractivity contribution in [3.63, 3.8) is 0 Å². The van der Waals surface area contributed by atoms with Gasteiger partial charge in [0.2, 0.25) is 5.91 Å². The molecular weight excluding hydrogens is 164 g/mol. The number of carbonyl (C=O) groups is 1. The first-order valence-electron chi connectivity index (χ1n) is 4.33. The van der Waals surface area contributed by atoms with Gasteiger partial charge in [0.05, 0.1) is 0 Å². The lowest BCUT2D eigenvalue weighted by Gasteiger charge is -2.00. The van der Waals surface area contributed by atoms with Gasteiger partial charge in [-0.1, -0.05) is 6.07 Å². The molecule has 3 heteroatoms. The third kappa shape index (κ3) is 1.37. The zero-order valence-corrected chi connectivity index (χ0v) is 7.29. The zero-order chi connectivity index (χ0) is 9.42. The van der Waals surface area contributed by atoms with Crippen molar-refractivity contribution in [2.75, 3.05) is 5.73 Å². The summed E-state index contributed by atoms with van der Waals surface area (Å²) in [7, 11) is 0. The van der Waals surface area contributed by atoms with Gasteiger partial charge in [-0.2, -0.15) is 0 Å². The molecule has 0 aliphatic heterocycles. The van der Waals surface area contributed by atoms with Crippen LogP contribution < -0.4 is 11.5 Å². The number of hydrogen-bond donors (Lipinski definition) is 2. The van der Waals surface area contributed by atoms with Crippen LogP contribution in [0.1, 0.15) is 11.1 Å². The van der Waals surface area contributed by atoms with Crippen LogP contribution in [0.25, 0.3) is 0 Å². The number of hydrogen-bond acceptors (Lipinski definition) is 2. The molecule has 0 heterocycles. The van der Waals surface area contributed by atoms with Crippen LogP contribution in [-0.2, 0) is 17.6 Å². The average molecular weight is 176 g/mol. The number of rotatable bonds is 1. The van der Waals surface area contributed by atoms with Crippen molar-refractivity contribution in [3.8, 4) is 0 Å². The maximum atomic E-state index is 10.9. The van der Waals surface area contributed by atoms with E-state index in [1.165, 1.54) is 11.1 Å². The average Bonchev–Trinajstić information content (AvgIpc) is 2.46.